The highest BCUT2D eigenvalue weighted by Gasteiger charge is 2.31. The van der Waals surface area contributed by atoms with Gasteiger partial charge in [-0.2, -0.15) is 0 Å². The van der Waals surface area contributed by atoms with E-state index >= 15 is 0 Å². The van der Waals surface area contributed by atoms with Gasteiger partial charge in [0, 0.05) is 48.3 Å². The summed E-state index contributed by atoms with van der Waals surface area (Å²) in [4.78, 5) is 16.1. The van der Waals surface area contributed by atoms with Crippen molar-refractivity contribution in [3.63, 3.8) is 0 Å². The molecule has 32 heavy (non-hydrogen) atoms. The van der Waals surface area contributed by atoms with E-state index in [0.717, 1.165) is 49.2 Å². The Hall–Kier alpha value is -1.37. The summed E-state index contributed by atoms with van der Waals surface area (Å²) in [5, 5.41) is 10.6. The fourth-order valence-electron chi connectivity index (χ4n) is 4.72. The van der Waals surface area contributed by atoms with Crippen LogP contribution in [-0.2, 0) is 6.54 Å². The zero-order valence-corrected chi connectivity index (χ0v) is 20.5. The Labute approximate surface area is 204 Å². The molecule has 174 valence electrons. The van der Waals surface area contributed by atoms with Gasteiger partial charge in [-0.3, -0.25) is 9.80 Å². The summed E-state index contributed by atoms with van der Waals surface area (Å²) in [7, 11) is 0. The summed E-state index contributed by atoms with van der Waals surface area (Å²) in [6.45, 7) is 7.59. The second-order valence-corrected chi connectivity index (χ2v) is 9.68. The lowest BCUT2D eigenvalue weighted by Gasteiger charge is -2.43. The first-order chi connectivity index (χ1) is 14.7. The molecule has 0 amide bonds. The summed E-state index contributed by atoms with van der Waals surface area (Å²) in [6, 6.07) is 9.14. The van der Waals surface area contributed by atoms with Crippen molar-refractivity contribution in [3.8, 4) is 0 Å². The van der Waals surface area contributed by atoms with E-state index in [0.29, 0.717) is 28.5 Å². The minimum absolute atomic E-state index is 0. The Morgan fingerprint density at radius 2 is 1.81 bits per heavy atom. The van der Waals surface area contributed by atoms with Crippen LogP contribution in [0.1, 0.15) is 65.7 Å². The third-order valence-corrected chi connectivity index (χ3v) is 6.93. The number of benzene rings is 2. The zero-order valence-electron chi connectivity index (χ0n) is 18.2. The molecule has 0 spiro atoms. The maximum atomic E-state index is 14.4. The van der Waals surface area contributed by atoms with Crippen molar-refractivity contribution in [1.29, 1.82) is 0 Å². The molecule has 0 radical (unpaired) electrons. The average Bonchev–Trinajstić information content (AvgIpc) is 3.52. The molecule has 1 saturated carbocycles. The maximum absolute atomic E-state index is 14.4. The van der Waals surface area contributed by atoms with Crippen LogP contribution in [0.3, 0.4) is 0 Å². The second kappa shape index (κ2) is 10.3. The monoisotopic (exact) mass is 500 g/mol. The van der Waals surface area contributed by atoms with Crippen molar-refractivity contribution >= 4 is 41.6 Å². The van der Waals surface area contributed by atoms with Crippen molar-refractivity contribution in [2.45, 2.75) is 51.2 Å². The van der Waals surface area contributed by atoms with Crippen LogP contribution in [0.15, 0.2) is 30.3 Å². The quantitative estimate of drug-likeness (QED) is 0.497. The SMILES string of the molecule is C[C@H]1CN(Cc2cc(F)c(C(=O)O)cc2C2CC2)CCN1[C@@H](C)c1cc(Cl)cc(Cl)c1.Cl. The van der Waals surface area contributed by atoms with Crippen molar-refractivity contribution in [2.24, 2.45) is 0 Å². The normalized spacial score (nSPS) is 20.6. The molecule has 2 aromatic carbocycles. The van der Waals surface area contributed by atoms with Crippen LogP contribution < -0.4 is 0 Å². The molecule has 1 heterocycles. The largest absolute Gasteiger partial charge is 0.478 e. The van der Waals surface area contributed by atoms with E-state index in [-0.39, 0.29) is 24.0 Å². The van der Waals surface area contributed by atoms with Crippen molar-refractivity contribution in [1.82, 2.24) is 9.80 Å². The molecule has 1 aliphatic heterocycles. The zero-order chi connectivity index (χ0) is 22.3. The highest BCUT2D eigenvalue weighted by molar-refractivity contribution is 6.34. The van der Waals surface area contributed by atoms with Gasteiger partial charge in [0.1, 0.15) is 5.82 Å². The Bertz CT molecular complexity index is 979. The Balaban J connectivity index is 0.00000289. The fourth-order valence-corrected chi connectivity index (χ4v) is 5.26. The van der Waals surface area contributed by atoms with Crippen LogP contribution in [0.2, 0.25) is 10.0 Å². The van der Waals surface area contributed by atoms with Gasteiger partial charge in [-0.25, -0.2) is 9.18 Å². The predicted molar refractivity (Wildman–Crippen MR) is 129 cm³/mol. The summed E-state index contributed by atoms with van der Waals surface area (Å²) in [5.41, 5.74) is 2.79. The maximum Gasteiger partial charge on any atom is 0.338 e. The van der Waals surface area contributed by atoms with Crippen LogP contribution in [0.4, 0.5) is 4.39 Å². The van der Waals surface area contributed by atoms with Gasteiger partial charge in [-0.15, -0.1) is 12.4 Å². The number of aromatic carboxylic acids is 1. The smallest absolute Gasteiger partial charge is 0.338 e. The van der Waals surface area contributed by atoms with E-state index in [4.69, 9.17) is 23.2 Å². The van der Waals surface area contributed by atoms with E-state index in [1.807, 2.05) is 12.1 Å². The number of carbonyl (C=O) groups is 1. The van der Waals surface area contributed by atoms with E-state index in [1.165, 1.54) is 6.07 Å². The Morgan fingerprint density at radius 1 is 1.16 bits per heavy atom. The van der Waals surface area contributed by atoms with Gasteiger partial charge < -0.3 is 5.11 Å². The first-order valence-corrected chi connectivity index (χ1v) is 11.5. The minimum Gasteiger partial charge on any atom is -0.478 e. The highest BCUT2D eigenvalue weighted by atomic mass is 35.5. The number of halogens is 4. The Kier molecular flexibility index (Phi) is 8.11. The molecule has 1 N–H and O–H groups in total. The minimum atomic E-state index is -1.21. The highest BCUT2D eigenvalue weighted by Crippen LogP contribution is 2.43. The first kappa shape index (κ1) is 25.3. The summed E-state index contributed by atoms with van der Waals surface area (Å²) >= 11 is 12.4. The Morgan fingerprint density at radius 3 is 2.38 bits per heavy atom. The fraction of sp³-hybridized carbons (Fsp3) is 0.458. The topological polar surface area (TPSA) is 43.8 Å². The second-order valence-electron chi connectivity index (χ2n) is 8.81. The standard InChI is InChI=1S/C24H27Cl2FN2O2.ClH/c1-14-12-28(5-6-29(14)15(2)17-7-19(25)10-20(26)8-17)13-18-9-23(27)22(24(30)31)11-21(18)16-3-4-16;/h7-11,14-16H,3-6,12-13H2,1-2H3,(H,30,31);1H/t14-,15-;/m0./s1. The number of hydrogen-bond acceptors (Lipinski definition) is 3. The third-order valence-electron chi connectivity index (χ3n) is 6.50. The first-order valence-electron chi connectivity index (χ1n) is 10.7. The van der Waals surface area contributed by atoms with Crippen molar-refractivity contribution in [2.75, 3.05) is 19.6 Å². The molecule has 8 heteroatoms. The van der Waals surface area contributed by atoms with Crippen LogP contribution in [0.25, 0.3) is 0 Å². The van der Waals surface area contributed by atoms with E-state index < -0.39 is 11.8 Å². The number of carboxylic acid groups (broad SMARTS) is 1. The molecule has 0 unspecified atom stereocenters. The average molecular weight is 502 g/mol. The van der Waals surface area contributed by atoms with Gasteiger partial charge >= 0.3 is 5.97 Å². The van der Waals surface area contributed by atoms with Gasteiger partial charge in [0.15, 0.2) is 0 Å². The lowest BCUT2D eigenvalue weighted by molar-refractivity contribution is 0.0503. The van der Waals surface area contributed by atoms with E-state index in [1.54, 1.807) is 12.1 Å². The summed E-state index contributed by atoms with van der Waals surface area (Å²) < 4.78 is 14.4. The van der Waals surface area contributed by atoms with Crippen LogP contribution >= 0.6 is 35.6 Å². The molecule has 0 bridgehead atoms. The number of hydrogen-bond donors (Lipinski definition) is 1. The van der Waals surface area contributed by atoms with E-state index in [9.17, 15) is 14.3 Å². The van der Waals surface area contributed by atoms with Crippen LogP contribution in [0, 0.1) is 5.82 Å². The molecule has 2 aromatic rings. The van der Waals surface area contributed by atoms with Gasteiger partial charge in [0.2, 0.25) is 0 Å². The summed E-state index contributed by atoms with van der Waals surface area (Å²) in [6.07, 6.45) is 2.09. The summed E-state index contributed by atoms with van der Waals surface area (Å²) in [5.74, 6) is -1.49. The van der Waals surface area contributed by atoms with Crippen molar-refractivity contribution < 1.29 is 14.3 Å². The molecular formula is C24H28Cl3FN2O2. The van der Waals surface area contributed by atoms with Gasteiger partial charge in [-0.1, -0.05) is 23.2 Å². The van der Waals surface area contributed by atoms with Crippen LogP contribution in [-0.4, -0.2) is 46.6 Å². The molecule has 2 atom stereocenters. The van der Waals surface area contributed by atoms with Crippen LogP contribution in [0.5, 0.6) is 0 Å². The van der Waals surface area contributed by atoms with Gasteiger partial charge in [0.05, 0.1) is 5.56 Å². The number of nitrogens with zero attached hydrogens (tertiary/aromatic N) is 2. The van der Waals surface area contributed by atoms with Gasteiger partial charge in [-0.05, 0) is 79.6 Å². The predicted octanol–water partition coefficient (Wildman–Crippen LogP) is 6.40. The number of carboxylic acids is 1. The lowest BCUT2D eigenvalue weighted by atomic mass is 9.98. The van der Waals surface area contributed by atoms with E-state index in [2.05, 4.69) is 23.6 Å². The van der Waals surface area contributed by atoms with Gasteiger partial charge in [0.25, 0.3) is 0 Å². The van der Waals surface area contributed by atoms with Crippen molar-refractivity contribution in [3.05, 3.63) is 68.4 Å². The molecular weight excluding hydrogens is 474 g/mol. The lowest BCUT2D eigenvalue weighted by Crippen LogP contribution is -2.52. The molecule has 4 nitrogen and oxygen atoms in total. The molecule has 1 saturated heterocycles. The molecule has 1 aliphatic carbocycles. The molecule has 4 rings (SSSR count). The third kappa shape index (κ3) is 5.57. The molecule has 2 aliphatic rings. The number of piperazine rings is 1. The molecule has 0 aromatic heterocycles. The molecule has 2 fully saturated rings. The number of rotatable bonds is 6.